The van der Waals surface area contributed by atoms with Crippen LogP contribution in [-0.2, 0) is 23.1 Å². The Morgan fingerprint density at radius 3 is 2.10 bits per heavy atom. The summed E-state index contributed by atoms with van der Waals surface area (Å²) in [7, 11) is -3.01. The Kier molecular flexibility index (Phi) is 11.0. The lowest BCUT2D eigenvalue weighted by atomic mass is 10.4. The van der Waals surface area contributed by atoms with Gasteiger partial charge in [0.1, 0.15) is 0 Å². The number of rotatable bonds is 10. The first-order chi connectivity index (χ1) is 9.58. The summed E-state index contributed by atoms with van der Waals surface area (Å²) in [5.41, 5.74) is 0. The third kappa shape index (κ3) is 9.73. The number of ether oxygens (including phenoxy) is 1. The van der Waals surface area contributed by atoms with Crippen LogP contribution in [0, 0.1) is 0 Å². The first kappa shape index (κ1) is 18.8. The summed E-state index contributed by atoms with van der Waals surface area (Å²) in [6.45, 7) is 6.35. The quantitative estimate of drug-likeness (QED) is 0.267. The maximum Gasteiger partial charge on any atom is 0.334 e. The second-order valence-corrected chi connectivity index (χ2v) is 5.66. The molecule has 0 heterocycles. The Morgan fingerprint density at radius 1 is 0.950 bits per heavy atom. The first-order valence-electron chi connectivity index (χ1n) is 6.62. The predicted octanol–water partition coefficient (Wildman–Crippen LogP) is 3.48. The molecule has 0 aliphatic carbocycles. The molecule has 0 aromatic carbocycles. The van der Waals surface area contributed by atoms with Crippen molar-refractivity contribution in [1.82, 2.24) is 0 Å². The van der Waals surface area contributed by atoms with Crippen LogP contribution in [0.2, 0.25) is 0 Å². The van der Waals surface area contributed by atoms with Gasteiger partial charge in [-0.25, -0.2) is 4.79 Å². The van der Waals surface area contributed by atoms with Crippen LogP contribution in [-0.4, -0.2) is 32.0 Å². The van der Waals surface area contributed by atoms with Crippen LogP contribution < -0.4 is 0 Å². The molecule has 0 N–H and O–H groups in total. The van der Waals surface area contributed by atoms with Gasteiger partial charge < -0.3 is 13.8 Å². The van der Waals surface area contributed by atoms with Crippen molar-refractivity contribution in [2.75, 3.05) is 26.0 Å². The van der Waals surface area contributed by atoms with E-state index in [1.807, 2.05) is 0 Å². The summed E-state index contributed by atoms with van der Waals surface area (Å²) in [4.78, 5) is 11.0. The lowest BCUT2D eigenvalue weighted by molar-refractivity contribution is -0.137. The van der Waals surface area contributed by atoms with Crippen LogP contribution in [0.4, 0.5) is 0 Å². The minimum atomic E-state index is -3.01. The van der Waals surface area contributed by atoms with Gasteiger partial charge in [-0.3, -0.25) is 4.57 Å². The maximum atomic E-state index is 12.1. The van der Waals surface area contributed by atoms with Crippen molar-refractivity contribution in [3.8, 4) is 0 Å². The second kappa shape index (κ2) is 11.6. The van der Waals surface area contributed by atoms with Gasteiger partial charge in [-0.15, -0.1) is 0 Å². The van der Waals surface area contributed by atoms with E-state index in [0.717, 1.165) is 0 Å². The minimum Gasteiger partial charge on any atom is -0.463 e. The lowest BCUT2D eigenvalue weighted by Crippen LogP contribution is -1.98. The number of hydrogen-bond donors (Lipinski definition) is 0. The summed E-state index contributed by atoms with van der Waals surface area (Å²) < 4.78 is 27.1. The Morgan fingerprint density at radius 2 is 1.55 bits per heavy atom. The van der Waals surface area contributed by atoms with E-state index in [2.05, 4.69) is 0 Å². The van der Waals surface area contributed by atoms with Gasteiger partial charge in [0.05, 0.1) is 26.0 Å². The van der Waals surface area contributed by atoms with E-state index in [4.69, 9.17) is 13.8 Å². The molecule has 0 radical (unpaired) electrons. The van der Waals surface area contributed by atoms with E-state index in [-0.39, 0.29) is 12.1 Å². The molecule has 20 heavy (non-hydrogen) atoms. The lowest BCUT2D eigenvalue weighted by Gasteiger charge is -2.14. The van der Waals surface area contributed by atoms with Gasteiger partial charge in [0.2, 0.25) is 0 Å². The molecule has 0 aliphatic heterocycles. The molecule has 5 nitrogen and oxygen atoms in total. The van der Waals surface area contributed by atoms with E-state index < -0.39 is 7.60 Å². The van der Waals surface area contributed by atoms with E-state index in [0.29, 0.717) is 19.8 Å². The predicted molar refractivity (Wildman–Crippen MR) is 79.8 cm³/mol. The van der Waals surface area contributed by atoms with Crippen molar-refractivity contribution in [1.29, 1.82) is 0 Å². The zero-order valence-corrected chi connectivity index (χ0v) is 13.2. The average molecular weight is 302 g/mol. The summed E-state index contributed by atoms with van der Waals surface area (Å²) in [5, 5.41) is 0. The monoisotopic (exact) mass is 302 g/mol. The molecule has 0 fully saturated rings. The molecular weight excluding hydrogens is 279 g/mol. The van der Waals surface area contributed by atoms with Crippen molar-refractivity contribution in [2.45, 2.75) is 20.8 Å². The molecule has 0 amide bonds. The Balaban J connectivity index is 4.17. The highest BCUT2D eigenvalue weighted by molar-refractivity contribution is 7.54. The third-order valence-corrected chi connectivity index (χ3v) is 3.93. The molecule has 6 heteroatoms. The third-order valence-electron chi connectivity index (χ3n) is 1.97. The zero-order chi connectivity index (χ0) is 15.3. The fraction of sp³-hybridized carbons (Fsp3) is 0.500. The Bertz CT molecular complexity index is 388. The van der Waals surface area contributed by atoms with E-state index in [1.54, 1.807) is 51.2 Å². The molecule has 0 aliphatic rings. The van der Waals surface area contributed by atoms with Crippen molar-refractivity contribution < 1.29 is 23.1 Å². The van der Waals surface area contributed by atoms with Crippen molar-refractivity contribution in [3.63, 3.8) is 0 Å². The molecule has 0 aromatic rings. The summed E-state index contributed by atoms with van der Waals surface area (Å²) in [5.74, 6) is -0.377. The smallest absolute Gasteiger partial charge is 0.334 e. The molecular formula is C14H23O5P. The van der Waals surface area contributed by atoms with Crippen LogP contribution in [0.3, 0.4) is 0 Å². The topological polar surface area (TPSA) is 61.8 Å². The largest absolute Gasteiger partial charge is 0.463 e. The van der Waals surface area contributed by atoms with Crippen molar-refractivity contribution >= 4 is 13.6 Å². The molecule has 0 saturated carbocycles. The number of carbonyl (C=O) groups is 1. The van der Waals surface area contributed by atoms with Gasteiger partial charge in [0, 0.05) is 6.08 Å². The van der Waals surface area contributed by atoms with Crippen LogP contribution in [0.5, 0.6) is 0 Å². The van der Waals surface area contributed by atoms with Gasteiger partial charge in [-0.05, 0) is 20.8 Å². The fourth-order valence-corrected chi connectivity index (χ4v) is 2.71. The summed E-state index contributed by atoms with van der Waals surface area (Å²) in [6, 6.07) is 0. The highest BCUT2D eigenvalue weighted by Gasteiger charge is 2.20. The molecule has 0 rings (SSSR count). The average Bonchev–Trinajstić information content (AvgIpc) is 2.38. The van der Waals surface area contributed by atoms with Crippen molar-refractivity contribution in [3.05, 3.63) is 36.5 Å². The van der Waals surface area contributed by atoms with E-state index in [1.165, 1.54) is 6.08 Å². The van der Waals surface area contributed by atoms with Crippen LogP contribution in [0.1, 0.15) is 20.8 Å². The van der Waals surface area contributed by atoms with Crippen LogP contribution in [0.15, 0.2) is 36.5 Å². The standard InChI is InChI=1S/C14H23O5P/c1-4-17-14(15)12-10-8-7-9-11-13-20(16,18-5-2)19-6-3/h7-12H,4-6,13H2,1-3H3/b8-7+,11-9+,12-10+. The molecule has 0 spiro atoms. The molecule has 114 valence electrons. The zero-order valence-electron chi connectivity index (χ0n) is 12.3. The summed E-state index contributed by atoms with van der Waals surface area (Å²) in [6.07, 6.45) is 9.96. The molecule has 0 saturated heterocycles. The van der Waals surface area contributed by atoms with E-state index >= 15 is 0 Å². The second-order valence-electron chi connectivity index (χ2n) is 3.55. The van der Waals surface area contributed by atoms with Gasteiger partial charge in [-0.1, -0.05) is 30.4 Å². The Labute approximate surface area is 120 Å². The highest BCUT2D eigenvalue weighted by atomic mass is 31.2. The first-order valence-corrected chi connectivity index (χ1v) is 8.35. The number of allylic oxidation sites excluding steroid dienone is 5. The SMILES string of the molecule is CCOC(=O)/C=C/C=C/C=C/CP(=O)(OCC)OCC. The number of esters is 1. The van der Waals surface area contributed by atoms with Crippen molar-refractivity contribution in [2.24, 2.45) is 0 Å². The molecule has 0 bridgehead atoms. The van der Waals surface area contributed by atoms with Gasteiger partial charge in [0.15, 0.2) is 0 Å². The van der Waals surface area contributed by atoms with Gasteiger partial charge in [-0.2, -0.15) is 0 Å². The number of carbonyl (C=O) groups excluding carboxylic acids is 1. The highest BCUT2D eigenvalue weighted by Crippen LogP contribution is 2.47. The molecule has 0 atom stereocenters. The van der Waals surface area contributed by atoms with Crippen LogP contribution in [0.25, 0.3) is 0 Å². The molecule has 0 aromatic heterocycles. The van der Waals surface area contributed by atoms with Crippen LogP contribution >= 0.6 is 7.60 Å². The minimum absolute atomic E-state index is 0.223. The normalized spacial score (nSPS) is 12.8. The number of hydrogen-bond acceptors (Lipinski definition) is 5. The van der Waals surface area contributed by atoms with E-state index in [9.17, 15) is 9.36 Å². The Hall–Kier alpha value is -1.16. The molecule has 0 unspecified atom stereocenters. The maximum absolute atomic E-state index is 12.1. The van der Waals surface area contributed by atoms with Gasteiger partial charge in [0.25, 0.3) is 0 Å². The van der Waals surface area contributed by atoms with Gasteiger partial charge >= 0.3 is 13.6 Å². The fourth-order valence-electron chi connectivity index (χ4n) is 1.26. The summed E-state index contributed by atoms with van der Waals surface area (Å²) >= 11 is 0.